The van der Waals surface area contributed by atoms with Crippen molar-refractivity contribution in [3.63, 3.8) is 0 Å². The zero-order valence-electron chi connectivity index (χ0n) is 11.4. The Kier molecular flexibility index (Phi) is 4.93. The van der Waals surface area contributed by atoms with Crippen molar-refractivity contribution in [2.75, 3.05) is 6.61 Å². The van der Waals surface area contributed by atoms with Crippen LogP contribution in [-0.4, -0.2) is 35.6 Å². The molecule has 0 spiro atoms. The molecule has 10 heteroatoms. The SMILES string of the molecule is O=C(ON1C(=O)CCC1=O)c1cc(Br)cc(OCC(F)(F)F)c1. The van der Waals surface area contributed by atoms with Gasteiger partial charge in [-0.3, -0.25) is 9.59 Å². The van der Waals surface area contributed by atoms with Gasteiger partial charge in [0.25, 0.3) is 11.8 Å². The maximum atomic E-state index is 12.1. The molecule has 1 fully saturated rings. The van der Waals surface area contributed by atoms with E-state index in [9.17, 15) is 27.6 Å². The van der Waals surface area contributed by atoms with Gasteiger partial charge in [0.2, 0.25) is 0 Å². The molecule has 23 heavy (non-hydrogen) atoms. The van der Waals surface area contributed by atoms with Gasteiger partial charge in [0, 0.05) is 17.3 Å². The first-order valence-electron chi connectivity index (χ1n) is 6.24. The molecule has 0 saturated carbocycles. The number of rotatable bonds is 4. The first kappa shape index (κ1) is 17.3. The van der Waals surface area contributed by atoms with E-state index in [1.807, 2.05) is 0 Å². The van der Waals surface area contributed by atoms with Crippen molar-refractivity contribution in [1.29, 1.82) is 0 Å². The van der Waals surface area contributed by atoms with Gasteiger partial charge in [-0.15, -0.1) is 5.06 Å². The molecule has 0 N–H and O–H groups in total. The average molecular weight is 396 g/mol. The molecule has 0 atom stereocenters. The maximum absolute atomic E-state index is 12.1. The summed E-state index contributed by atoms with van der Waals surface area (Å²) in [6.45, 7) is -1.53. The van der Waals surface area contributed by atoms with Crippen molar-refractivity contribution in [2.45, 2.75) is 19.0 Å². The number of benzene rings is 1. The Labute approximate surface area is 136 Å². The standard InChI is InChI=1S/C13H9BrF3NO5/c14-8-3-7(4-9(5-8)22-6-13(15,16)17)12(21)23-18-10(19)1-2-11(18)20/h3-5H,1-2,6H2. The largest absolute Gasteiger partial charge is 0.484 e. The second kappa shape index (κ2) is 6.57. The maximum Gasteiger partial charge on any atom is 0.422 e. The van der Waals surface area contributed by atoms with E-state index in [-0.39, 0.29) is 28.6 Å². The molecule has 0 radical (unpaired) electrons. The summed E-state index contributed by atoms with van der Waals surface area (Å²) in [5.41, 5.74) is -0.177. The molecule has 0 unspecified atom stereocenters. The summed E-state index contributed by atoms with van der Waals surface area (Å²) in [5.74, 6) is -2.60. The minimum Gasteiger partial charge on any atom is -0.484 e. The van der Waals surface area contributed by atoms with Gasteiger partial charge in [0.05, 0.1) is 5.56 Å². The molecular weight excluding hydrogens is 387 g/mol. The lowest BCUT2D eigenvalue weighted by atomic mass is 10.2. The number of carbonyl (C=O) groups is 3. The predicted octanol–water partition coefficient (Wildman–Crippen LogP) is 2.61. The van der Waals surface area contributed by atoms with Gasteiger partial charge < -0.3 is 9.57 Å². The lowest BCUT2D eigenvalue weighted by Gasteiger charge is -2.14. The Hall–Kier alpha value is -2.10. The van der Waals surface area contributed by atoms with Crippen molar-refractivity contribution >= 4 is 33.7 Å². The summed E-state index contributed by atoms with van der Waals surface area (Å²) in [4.78, 5) is 39.3. The van der Waals surface area contributed by atoms with Gasteiger partial charge in [-0.1, -0.05) is 15.9 Å². The molecular formula is C13H9BrF3NO5. The fourth-order valence-electron chi connectivity index (χ4n) is 1.72. The zero-order chi connectivity index (χ0) is 17.2. The molecule has 1 aromatic rings. The molecule has 1 aliphatic rings. The third-order valence-corrected chi connectivity index (χ3v) is 3.15. The van der Waals surface area contributed by atoms with Crippen LogP contribution in [0.1, 0.15) is 23.2 Å². The minimum absolute atomic E-state index is 0.0649. The molecule has 1 aliphatic heterocycles. The number of alkyl halides is 3. The number of ether oxygens (including phenoxy) is 1. The Morgan fingerprint density at radius 1 is 1.17 bits per heavy atom. The number of amides is 2. The van der Waals surface area contributed by atoms with Crippen molar-refractivity contribution in [2.24, 2.45) is 0 Å². The third kappa shape index (κ3) is 4.68. The molecule has 1 heterocycles. The van der Waals surface area contributed by atoms with E-state index in [0.29, 0.717) is 5.06 Å². The molecule has 6 nitrogen and oxygen atoms in total. The van der Waals surface area contributed by atoms with E-state index in [2.05, 4.69) is 25.5 Å². The van der Waals surface area contributed by atoms with Gasteiger partial charge in [-0.25, -0.2) is 4.79 Å². The smallest absolute Gasteiger partial charge is 0.422 e. The number of hydroxylamine groups is 2. The van der Waals surface area contributed by atoms with Crippen LogP contribution in [0.15, 0.2) is 22.7 Å². The summed E-state index contributed by atoms with van der Waals surface area (Å²) in [7, 11) is 0. The van der Waals surface area contributed by atoms with Crippen LogP contribution in [0.2, 0.25) is 0 Å². The Morgan fingerprint density at radius 3 is 2.35 bits per heavy atom. The van der Waals surface area contributed by atoms with Crippen LogP contribution >= 0.6 is 15.9 Å². The van der Waals surface area contributed by atoms with Gasteiger partial charge in [0.15, 0.2) is 6.61 Å². The van der Waals surface area contributed by atoms with Crippen LogP contribution < -0.4 is 4.74 Å². The normalized spacial score (nSPS) is 15.0. The van der Waals surface area contributed by atoms with Gasteiger partial charge in [0.1, 0.15) is 5.75 Å². The fraction of sp³-hybridized carbons (Fsp3) is 0.308. The van der Waals surface area contributed by atoms with Crippen LogP contribution in [0.5, 0.6) is 5.75 Å². The molecule has 1 aromatic carbocycles. The minimum atomic E-state index is -4.53. The average Bonchev–Trinajstić information content (AvgIpc) is 2.75. The molecule has 0 bridgehead atoms. The highest BCUT2D eigenvalue weighted by atomic mass is 79.9. The van der Waals surface area contributed by atoms with Crippen LogP contribution in [0.25, 0.3) is 0 Å². The monoisotopic (exact) mass is 395 g/mol. The second-order valence-electron chi connectivity index (χ2n) is 4.54. The van der Waals surface area contributed by atoms with Crippen molar-refractivity contribution < 1.29 is 37.1 Å². The number of hydrogen-bond acceptors (Lipinski definition) is 5. The quantitative estimate of drug-likeness (QED) is 0.732. The van der Waals surface area contributed by atoms with Gasteiger partial charge in [-0.2, -0.15) is 13.2 Å². The van der Waals surface area contributed by atoms with Crippen LogP contribution in [-0.2, 0) is 14.4 Å². The highest BCUT2D eigenvalue weighted by molar-refractivity contribution is 9.10. The van der Waals surface area contributed by atoms with E-state index < -0.39 is 30.6 Å². The highest BCUT2D eigenvalue weighted by Crippen LogP contribution is 2.25. The number of carbonyl (C=O) groups excluding carboxylic acids is 3. The molecule has 2 amide bonds. The molecule has 1 saturated heterocycles. The second-order valence-corrected chi connectivity index (χ2v) is 5.46. The topological polar surface area (TPSA) is 72.9 Å². The summed E-state index contributed by atoms with van der Waals surface area (Å²) in [6, 6.07) is 3.51. The summed E-state index contributed by atoms with van der Waals surface area (Å²) in [5, 5.41) is 0.347. The number of halogens is 4. The van der Waals surface area contributed by atoms with Gasteiger partial charge >= 0.3 is 12.1 Å². The van der Waals surface area contributed by atoms with E-state index in [0.717, 1.165) is 6.07 Å². The number of hydrogen-bond donors (Lipinski definition) is 0. The van der Waals surface area contributed by atoms with E-state index in [1.54, 1.807) is 0 Å². The van der Waals surface area contributed by atoms with Gasteiger partial charge in [-0.05, 0) is 18.2 Å². The van der Waals surface area contributed by atoms with Crippen molar-refractivity contribution in [3.8, 4) is 5.75 Å². The molecule has 0 aromatic heterocycles. The fourth-order valence-corrected chi connectivity index (χ4v) is 2.19. The van der Waals surface area contributed by atoms with Crippen molar-refractivity contribution in [3.05, 3.63) is 28.2 Å². The molecule has 124 valence electrons. The zero-order valence-corrected chi connectivity index (χ0v) is 12.9. The predicted molar refractivity (Wildman–Crippen MR) is 72.2 cm³/mol. The lowest BCUT2D eigenvalue weighted by Crippen LogP contribution is -2.32. The first-order valence-corrected chi connectivity index (χ1v) is 7.03. The van der Waals surface area contributed by atoms with Crippen LogP contribution in [0, 0.1) is 0 Å². The van der Waals surface area contributed by atoms with E-state index in [4.69, 9.17) is 0 Å². The van der Waals surface area contributed by atoms with Crippen molar-refractivity contribution in [1.82, 2.24) is 5.06 Å². The third-order valence-electron chi connectivity index (χ3n) is 2.69. The Morgan fingerprint density at radius 2 is 1.78 bits per heavy atom. The van der Waals surface area contributed by atoms with E-state index in [1.165, 1.54) is 12.1 Å². The Balaban J connectivity index is 2.12. The molecule has 0 aliphatic carbocycles. The number of nitrogens with zero attached hydrogens (tertiary/aromatic N) is 1. The van der Waals surface area contributed by atoms with Crippen LogP contribution in [0.4, 0.5) is 13.2 Å². The Bertz CT molecular complexity index is 646. The summed E-state index contributed by atoms with van der Waals surface area (Å²) in [6.07, 6.45) is -4.66. The number of imide groups is 1. The molecule has 2 rings (SSSR count). The summed E-state index contributed by atoms with van der Waals surface area (Å²) < 4.78 is 41.3. The van der Waals surface area contributed by atoms with Crippen LogP contribution in [0.3, 0.4) is 0 Å². The van der Waals surface area contributed by atoms with E-state index >= 15 is 0 Å². The first-order chi connectivity index (χ1) is 10.7. The highest BCUT2D eigenvalue weighted by Gasteiger charge is 2.33. The lowest BCUT2D eigenvalue weighted by molar-refractivity contribution is -0.172. The summed E-state index contributed by atoms with van der Waals surface area (Å²) >= 11 is 3.02.